The molecule has 1 N–H and O–H groups in total. The molecule has 0 bridgehead atoms. The number of aromatic nitrogens is 2. The summed E-state index contributed by atoms with van der Waals surface area (Å²) in [7, 11) is -1.34. The zero-order valence-corrected chi connectivity index (χ0v) is 12.2. The van der Waals surface area contributed by atoms with Crippen molar-refractivity contribution in [3.63, 3.8) is 0 Å². The molecule has 1 aromatic heterocycles. The van der Waals surface area contributed by atoms with Gasteiger partial charge in [-0.2, -0.15) is 0 Å². The second-order valence-corrected chi connectivity index (χ2v) is 7.15. The molecule has 102 valence electrons. The van der Waals surface area contributed by atoms with Crippen molar-refractivity contribution in [1.82, 2.24) is 9.55 Å². The molecule has 0 radical (unpaired) electrons. The highest BCUT2D eigenvalue weighted by atomic mass is 32.2. The lowest BCUT2D eigenvalue weighted by atomic mass is 10.4. The molecule has 0 spiro atoms. The van der Waals surface area contributed by atoms with Gasteiger partial charge in [-0.25, -0.2) is 13.4 Å². The fraction of sp³-hybridized carbons (Fsp3) is 0.250. The van der Waals surface area contributed by atoms with Crippen molar-refractivity contribution >= 4 is 21.6 Å². The molecule has 1 aromatic carbocycles. The third-order valence-corrected chi connectivity index (χ3v) is 4.86. The van der Waals surface area contributed by atoms with Crippen LogP contribution in [0.2, 0.25) is 0 Å². The maximum absolute atomic E-state index is 11.3. The van der Waals surface area contributed by atoms with Gasteiger partial charge in [-0.15, -0.1) is 0 Å². The highest BCUT2D eigenvalue weighted by Crippen LogP contribution is 2.27. The van der Waals surface area contributed by atoms with E-state index in [1.807, 2.05) is 7.05 Å². The lowest BCUT2D eigenvalue weighted by molar-refractivity contribution is 0.271. The number of sulfone groups is 1. The van der Waals surface area contributed by atoms with Crippen LogP contribution in [0.3, 0.4) is 0 Å². The number of imidazole rings is 1. The largest absolute Gasteiger partial charge is 0.390 e. The highest BCUT2D eigenvalue weighted by molar-refractivity contribution is 7.99. The third kappa shape index (κ3) is 3.17. The first-order valence-electron chi connectivity index (χ1n) is 5.51. The van der Waals surface area contributed by atoms with E-state index in [2.05, 4.69) is 4.98 Å². The maximum atomic E-state index is 11.3. The molecular weight excluding hydrogens is 284 g/mol. The summed E-state index contributed by atoms with van der Waals surface area (Å²) in [6, 6.07) is 6.64. The smallest absolute Gasteiger partial charge is 0.175 e. The van der Waals surface area contributed by atoms with E-state index in [0.717, 1.165) is 15.7 Å². The summed E-state index contributed by atoms with van der Waals surface area (Å²) in [6.45, 7) is -0.0585. The molecular formula is C12H14N2O3S2. The first-order valence-corrected chi connectivity index (χ1v) is 8.22. The summed E-state index contributed by atoms with van der Waals surface area (Å²) in [4.78, 5) is 5.39. The minimum absolute atomic E-state index is 0.0585. The van der Waals surface area contributed by atoms with E-state index in [9.17, 15) is 8.42 Å². The lowest BCUT2D eigenvalue weighted by Crippen LogP contribution is -1.98. The summed E-state index contributed by atoms with van der Waals surface area (Å²) in [6.07, 6.45) is 2.80. The highest BCUT2D eigenvalue weighted by Gasteiger charge is 2.09. The van der Waals surface area contributed by atoms with Crippen molar-refractivity contribution in [2.75, 3.05) is 6.26 Å². The number of hydrogen-bond donors (Lipinski definition) is 1. The number of hydrogen-bond acceptors (Lipinski definition) is 5. The number of aliphatic hydroxyl groups excluding tert-OH is 1. The van der Waals surface area contributed by atoms with Gasteiger partial charge in [-0.05, 0) is 24.3 Å². The van der Waals surface area contributed by atoms with Crippen LogP contribution < -0.4 is 0 Å². The summed E-state index contributed by atoms with van der Waals surface area (Å²) in [5.74, 6) is 0. The number of aliphatic hydroxyl groups is 1. The normalized spacial score (nSPS) is 11.7. The number of benzene rings is 1. The van der Waals surface area contributed by atoms with Gasteiger partial charge in [-0.1, -0.05) is 11.8 Å². The monoisotopic (exact) mass is 298 g/mol. The molecule has 19 heavy (non-hydrogen) atoms. The van der Waals surface area contributed by atoms with Crippen LogP contribution in [0.5, 0.6) is 0 Å². The topological polar surface area (TPSA) is 72.2 Å². The van der Waals surface area contributed by atoms with E-state index in [4.69, 9.17) is 5.11 Å². The van der Waals surface area contributed by atoms with E-state index in [0.29, 0.717) is 4.90 Å². The number of nitrogens with zero attached hydrogens (tertiary/aromatic N) is 2. The second-order valence-electron chi connectivity index (χ2n) is 4.09. The van der Waals surface area contributed by atoms with Crippen LogP contribution >= 0.6 is 11.8 Å². The number of rotatable bonds is 4. The van der Waals surface area contributed by atoms with Gasteiger partial charge in [0.15, 0.2) is 15.0 Å². The summed E-state index contributed by atoms with van der Waals surface area (Å²) in [5.41, 5.74) is 0.732. The van der Waals surface area contributed by atoms with Gasteiger partial charge in [0.25, 0.3) is 0 Å². The van der Waals surface area contributed by atoms with Crippen molar-refractivity contribution in [3.8, 4) is 0 Å². The Morgan fingerprint density at radius 3 is 2.42 bits per heavy atom. The molecule has 0 atom stereocenters. The van der Waals surface area contributed by atoms with Crippen LogP contribution in [0.4, 0.5) is 0 Å². The van der Waals surface area contributed by atoms with E-state index in [1.54, 1.807) is 35.0 Å². The molecule has 0 aliphatic rings. The molecule has 0 aliphatic heterocycles. The summed E-state index contributed by atoms with van der Waals surface area (Å²) < 4.78 is 24.5. The zero-order valence-electron chi connectivity index (χ0n) is 10.6. The van der Waals surface area contributed by atoms with Crippen LogP contribution in [0, 0.1) is 0 Å². The minimum Gasteiger partial charge on any atom is -0.390 e. The fourth-order valence-electron chi connectivity index (χ4n) is 1.53. The summed E-state index contributed by atoms with van der Waals surface area (Å²) in [5, 5.41) is 9.83. The maximum Gasteiger partial charge on any atom is 0.175 e. The van der Waals surface area contributed by atoms with Gasteiger partial charge in [0.05, 0.1) is 23.4 Å². The molecule has 0 amide bonds. The van der Waals surface area contributed by atoms with Gasteiger partial charge in [0, 0.05) is 18.2 Å². The quantitative estimate of drug-likeness (QED) is 0.925. The fourth-order valence-corrected chi connectivity index (χ4v) is 3.00. The predicted molar refractivity (Wildman–Crippen MR) is 72.8 cm³/mol. The predicted octanol–water partition coefficient (Wildman–Crippen LogP) is 1.47. The standard InChI is InChI=1S/C12H14N2O3S2/c1-14-9(8-15)7-13-12(14)18-10-3-5-11(6-4-10)19(2,16)17/h3-7,15H,8H2,1-2H3. The van der Waals surface area contributed by atoms with E-state index < -0.39 is 9.84 Å². The van der Waals surface area contributed by atoms with Gasteiger partial charge in [-0.3, -0.25) is 0 Å². The van der Waals surface area contributed by atoms with E-state index >= 15 is 0 Å². The summed E-state index contributed by atoms with van der Waals surface area (Å²) >= 11 is 1.42. The molecule has 0 saturated heterocycles. The Balaban J connectivity index is 2.22. The molecule has 0 unspecified atom stereocenters. The first kappa shape index (κ1) is 14.1. The Hall–Kier alpha value is -1.31. The Kier molecular flexibility index (Phi) is 3.98. The van der Waals surface area contributed by atoms with Crippen molar-refractivity contribution in [1.29, 1.82) is 0 Å². The van der Waals surface area contributed by atoms with Crippen LogP contribution in [0.15, 0.2) is 45.4 Å². The van der Waals surface area contributed by atoms with E-state index in [-0.39, 0.29) is 6.61 Å². The SMILES string of the molecule is Cn1c(CO)cnc1Sc1ccc(S(C)(=O)=O)cc1. The zero-order chi connectivity index (χ0) is 14.0. The van der Waals surface area contributed by atoms with Crippen molar-refractivity contribution in [2.45, 2.75) is 21.6 Å². The van der Waals surface area contributed by atoms with Crippen molar-refractivity contribution in [2.24, 2.45) is 7.05 Å². The molecule has 0 fully saturated rings. The second kappa shape index (κ2) is 5.36. The Labute approximate surface area is 116 Å². The average Bonchev–Trinajstić information content (AvgIpc) is 2.70. The first-order chi connectivity index (χ1) is 8.91. The van der Waals surface area contributed by atoms with Gasteiger partial charge < -0.3 is 9.67 Å². The Morgan fingerprint density at radius 2 is 1.95 bits per heavy atom. The van der Waals surface area contributed by atoms with Crippen LogP contribution in [0.25, 0.3) is 0 Å². The molecule has 1 heterocycles. The minimum atomic E-state index is -3.16. The molecule has 7 heteroatoms. The van der Waals surface area contributed by atoms with Gasteiger partial charge in [0.1, 0.15) is 0 Å². The average molecular weight is 298 g/mol. The van der Waals surface area contributed by atoms with Gasteiger partial charge in [0.2, 0.25) is 0 Å². The molecule has 5 nitrogen and oxygen atoms in total. The molecule has 0 aliphatic carbocycles. The van der Waals surface area contributed by atoms with Gasteiger partial charge >= 0.3 is 0 Å². The van der Waals surface area contributed by atoms with E-state index in [1.165, 1.54) is 18.0 Å². The lowest BCUT2D eigenvalue weighted by Gasteiger charge is -2.04. The third-order valence-electron chi connectivity index (χ3n) is 2.66. The van der Waals surface area contributed by atoms with Crippen LogP contribution in [-0.4, -0.2) is 29.3 Å². The molecule has 0 saturated carbocycles. The molecule has 2 aromatic rings. The van der Waals surface area contributed by atoms with Crippen molar-refractivity contribution < 1.29 is 13.5 Å². The van der Waals surface area contributed by atoms with Crippen molar-refractivity contribution in [3.05, 3.63) is 36.2 Å². The van der Waals surface area contributed by atoms with Crippen LogP contribution in [-0.2, 0) is 23.5 Å². The Bertz CT molecular complexity index is 676. The Morgan fingerprint density at radius 1 is 1.32 bits per heavy atom. The molecule has 2 rings (SSSR count). The van der Waals surface area contributed by atoms with Crippen LogP contribution in [0.1, 0.15) is 5.69 Å².